The molecule has 1 aliphatic rings. The summed E-state index contributed by atoms with van der Waals surface area (Å²) in [7, 11) is 0. The zero-order valence-corrected chi connectivity index (χ0v) is 17.0. The van der Waals surface area contributed by atoms with Crippen LogP contribution in [0.1, 0.15) is 17.5 Å². The number of nitrogens with two attached hydrogens (primary N) is 1. The molecule has 32 heavy (non-hydrogen) atoms. The van der Waals surface area contributed by atoms with Crippen LogP contribution >= 0.6 is 0 Å². The lowest BCUT2D eigenvalue weighted by molar-refractivity contribution is -0.384. The standard InChI is InChI=1S/C21H21F3N4O4/c22-17-10-19(24)18(23)8-14(17)7-15(25)9-20(29)27-6-5-26(21(30)12-27)11-13-1-3-16(4-2-13)28(31)32/h1-4,8,10,15H,5-7,9,11-12,25H2/t15-/m1/s1. The molecule has 1 aliphatic heterocycles. The third-order valence-corrected chi connectivity index (χ3v) is 5.20. The summed E-state index contributed by atoms with van der Waals surface area (Å²) in [5, 5.41) is 10.7. The van der Waals surface area contributed by atoms with Gasteiger partial charge in [-0.15, -0.1) is 0 Å². The van der Waals surface area contributed by atoms with Gasteiger partial charge in [0.25, 0.3) is 5.69 Å². The number of nitro groups is 1. The van der Waals surface area contributed by atoms with Gasteiger partial charge in [-0.1, -0.05) is 12.1 Å². The number of nitrogens with zero attached hydrogens (tertiary/aromatic N) is 3. The minimum absolute atomic E-state index is 0.0462. The minimum Gasteiger partial charge on any atom is -0.335 e. The third-order valence-electron chi connectivity index (χ3n) is 5.20. The van der Waals surface area contributed by atoms with Gasteiger partial charge in [0.05, 0.1) is 11.5 Å². The Morgan fingerprint density at radius 3 is 2.38 bits per heavy atom. The van der Waals surface area contributed by atoms with Crippen LogP contribution in [-0.2, 0) is 22.6 Å². The van der Waals surface area contributed by atoms with E-state index >= 15 is 0 Å². The quantitative estimate of drug-likeness (QED) is 0.395. The SMILES string of the molecule is N[C@@H](CC(=O)N1CCN(Cc2ccc([N+](=O)[O-])cc2)C(=O)C1)Cc1cc(F)c(F)cc1F. The van der Waals surface area contributed by atoms with Crippen LogP contribution in [0.2, 0.25) is 0 Å². The largest absolute Gasteiger partial charge is 0.335 e. The second-order valence-corrected chi connectivity index (χ2v) is 7.58. The van der Waals surface area contributed by atoms with Gasteiger partial charge in [-0.3, -0.25) is 19.7 Å². The highest BCUT2D eigenvalue weighted by Crippen LogP contribution is 2.18. The van der Waals surface area contributed by atoms with Crippen molar-refractivity contribution in [2.45, 2.75) is 25.4 Å². The summed E-state index contributed by atoms with van der Waals surface area (Å²) in [6.45, 7) is 0.643. The average Bonchev–Trinajstić information content (AvgIpc) is 2.73. The van der Waals surface area contributed by atoms with Gasteiger partial charge in [0.15, 0.2) is 11.6 Å². The monoisotopic (exact) mass is 450 g/mol. The van der Waals surface area contributed by atoms with E-state index in [-0.39, 0.29) is 56.2 Å². The van der Waals surface area contributed by atoms with Gasteiger partial charge < -0.3 is 15.5 Å². The molecule has 3 rings (SSSR count). The van der Waals surface area contributed by atoms with Crippen molar-refractivity contribution >= 4 is 17.5 Å². The Balaban J connectivity index is 1.52. The van der Waals surface area contributed by atoms with Gasteiger partial charge in [-0.25, -0.2) is 13.2 Å². The number of piperazine rings is 1. The zero-order valence-electron chi connectivity index (χ0n) is 17.0. The maximum Gasteiger partial charge on any atom is 0.269 e. The van der Waals surface area contributed by atoms with E-state index in [2.05, 4.69) is 0 Å². The summed E-state index contributed by atoms with van der Waals surface area (Å²) in [6.07, 6.45) is -0.350. The van der Waals surface area contributed by atoms with Crippen LogP contribution in [0.4, 0.5) is 18.9 Å². The Bertz CT molecular complexity index is 1030. The Hall–Kier alpha value is -3.47. The predicted molar refractivity (Wildman–Crippen MR) is 108 cm³/mol. The Morgan fingerprint density at radius 2 is 1.75 bits per heavy atom. The fourth-order valence-corrected chi connectivity index (χ4v) is 3.46. The Labute approximate surface area is 181 Å². The molecule has 1 saturated heterocycles. The topological polar surface area (TPSA) is 110 Å². The van der Waals surface area contributed by atoms with Crippen LogP contribution in [0.3, 0.4) is 0 Å². The first-order chi connectivity index (χ1) is 15.1. The molecule has 0 unspecified atom stereocenters. The number of amides is 2. The second-order valence-electron chi connectivity index (χ2n) is 7.58. The molecule has 0 aliphatic carbocycles. The maximum atomic E-state index is 13.8. The van der Waals surface area contributed by atoms with E-state index in [1.807, 2.05) is 0 Å². The van der Waals surface area contributed by atoms with Crippen molar-refractivity contribution < 1.29 is 27.7 Å². The molecule has 1 fully saturated rings. The van der Waals surface area contributed by atoms with Crippen LogP contribution in [-0.4, -0.2) is 52.2 Å². The number of non-ortho nitro benzene ring substituents is 1. The number of carbonyl (C=O) groups is 2. The van der Waals surface area contributed by atoms with E-state index < -0.39 is 34.3 Å². The highest BCUT2D eigenvalue weighted by molar-refractivity contribution is 5.86. The van der Waals surface area contributed by atoms with E-state index in [0.29, 0.717) is 6.07 Å². The van der Waals surface area contributed by atoms with Gasteiger partial charge in [-0.2, -0.15) is 0 Å². The van der Waals surface area contributed by atoms with Gasteiger partial charge in [0, 0.05) is 50.3 Å². The highest BCUT2D eigenvalue weighted by Gasteiger charge is 2.28. The van der Waals surface area contributed by atoms with Crippen LogP contribution < -0.4 is 5.73 Å². The molecule has 2 N–H and O–H groups in total. The molecule has 2 amide bonds. The normalized spacial score (nSPS) is 15.1. The molecule has 0 spiro atoms. The van der Waals surface area contributed by atoms with Crippen LogP contribution in [0.15, 0.2) is 36.4 Å². The van der Waals surface area contributed by atoms with Gasteiger partial charge in [0.1, 0.15) is 5.82 Å². The minimum atomic E-state index is -1.30. The first kappa shape index (κ1) is 23.2. The van der Waals surface area contributed by atoms with Crippen molar-refractivity contribution in [3.63, 3.8) is 0 Å². The molecule has 0 saturated carbocycles. The van der Waals surface area contributed by atoms with Crippen molar-refractivity contribution in [1.29, 1.82) is 0 Å². The Morgan fingerprint density at radius 1 is 1.09 bits per heavy atom. The summed E-state index contributed by atoms with van der Waals surface area (Å²) >= 11 is 0. The molecule has 2 aromatic rings. The van der Waals surface area contributed by atoms with Crippen molar-refractivity contribution in [2.75, 3.05) is 19.6 Å². The summed E-state index contributed by atoms with van der Waals surface area (Å²) in [6, 6.07) is 6.17. The first-order valence-corrected chi connectivity index (χ1v) is 9.82. The zero-order chi connectivity index (χ0) is 23.4. The maximum absolute atomic E-state index is 13.8. The highest BCUT2D eigenvalue weighted by atomic mass is 19.2. The van der Waals surface area contributed by atoms with E-state index in [1.54, 1.807) is 17.0 Å². The van der Waals surface area contributed by atoms with Crippen molar-refractivity contribution in [3.8, 4) is 0 Å². The molecule has 0 radical (unpaired) electrons. The van der Waals surface area contributed by atoms with E-state index in [9.17, 15) is 32.9 Å². The van der Waals surface area contributed by atoms with Crippen molar-refractivity contribution in [2.24, 2.45) is 5.73 Å². The molecular weight excluding hydrogens is 429 g/mol. The fourth-order valence-electron chi connectivity index (χ4n) is 3.46. The fraction of sp³-hybridized carbons (Fsp3) is 0.333. The van der Waals surface area contributed by atoms with Crippen molar-refractivity contribution in [1.82, 2.24) is 9.80 Å². The molecule has 0 aromatic heterocycles. The van der Waals surface area contributed by atoms with Crippen LogP contribution in [0.5, 0.6) is 0 Å². The first-order valence-electron chi connectivity index (χ1n) is 9.82. The lowest BCUT2D eigenvalue weighted by Crippen LogP contribution is -2.52. The number of halogens is 3. The molecule has 170 valence electrons. The summed E-state index contributed by atoms with van der Waals surface area (Å²) < 4.78 is 40.1. The number of carbonyl (C=O) groups excluding carboxylic acids is 2. The van der Waals surface area contributed by atoms with Crippen molar-refractivity contribution in [3.05, 3.63) is 75.1 Å². The summed E-state index contributed by atoms with van der Waals surface area (Å²) in [5.74, 6) is -4.13. The van der Waals surface area contributed by atoms with Gasteiger partial charge >= 0.3 is 0 Å². The molecule has 8 nitrogen and oxygen atoms in total. The van der Waals surface area contributed by atoms with Crippen LogP contribution in [0, 0.1) is 27.6 Å². The van der Waals surface area contributed by atoms with E-state index in [4.69, 9.17) is 5.73 Å². The van der Waals surface area contributed by atoms with E-state index in [0.717, 1.165) is 11.6 Å². The third kappa shape index (κ3) is 5.61. The lowest BCUT2D eigenvalue weighted by atomic mass is 10.0. The molecule has 0 bridgehead atoms. The summed E-state index contributed by atoms with van der Waals surface area (Å²) in [4.78, 5) is 38.0. The lowest BCUT2D eigenvalue weighted by Gasteiger charge is -2.35. The number of hydrogen-bond acceptors (Lipinski definition) is 5. The number of benzene rings is 2. The molecule has 1 atom stereocenters. The number of rotatable bonds is 7. The van der Waals surface area contributed by atoms with Gasteiger partial charge in [0.2, 0.25) is 11.8 Å². The molecule has 2 aromatic carbocycles. The molecule has 1 heterocycles. The average molecular weight is 450 g/mol. The van der Waals surface area contributed by atoms with Crippen LogP contribution in [0.25, 0.3) is 0 Å². The predicted octanol–water partition coefficient (Wildman–Crippen LogP) is 2.14. The molecular formula is C21H21F3N4O4. The van der Waals surface area contributed by atoms with Gasteiger partial charge in [-0.05, 0) is 23.6 Å². The van der Waals surface area contributed by atoms with E-state index in [1.165, 1.54) is 17.0 Å². The molecule has 11 heteroatoms. The summed E-state index contributed by atoms with van der Waals surface area (Å²) in [5.41, 5.74) is 6.44. The smallest absolute Gasteiger partial charge is 0.269 e. The second kappa shape index (κ2) is 9.77. The number of nitro benzene ring substituents is 1. The number of hydrogen-bond donors (Lipinski definition) is 1. The Kier molecular flexibility index (Phi) is 7.08.